The van der Waals surface area contributed by atoms with Crippen molar-refractivity contribution in [2.24, 2.45) is 0 Å². The van der Waals surface area contributed by atoms with Gasteiger partial charge in [0.2, 0.25) is 0 Å². The molecule has 0 aliphatic rings. The van der Waals surface area contributed by atoms with Crippen LogP contribution >= 0.6 is 0 Å². The fourth-order valence-electron chi connectivity index (χ4n) is 1.79. The molecule has 0 saturated heterocycles. The summed E-state index contributed by atoms with van der Waals surface area (Å²) in [5.74, 6) is 0.858. The van der Waals surface area contributed by atoms with Gasteiger partial charge in [0, 0.05) is 28.9 Å². The number of aromatic nitrogens is 1. The number of aryl methyl sites for hydroxylation is 2. The molecule has 0 aliphatic carbocycles. The smallest absolute Gasteiger partial charge is 0.129 e. The lowest BCUT2D eigenvalue weighted by Gasteiger charge is -2.16. The molecule has 0 radical (unpaired) electrons. The number of pyridine rings is 1. The van der Waals surface area contributed by atoms with Crippen molar-refractivity contribution in [1.82, 2.24) is 4.98 Å². The highest BCUT2D eigenvalue weighted by Crippen LogP contribution is 2.28. The van der Waals surface area contributed by atoms with Crippen molar-refractivity contribution < 1.29 is 9.53 Å². The maximum Gasteiger partial charge on any atom is 0.129 e. The molecule has 92 valence electrons. The van der Waals surface area contributed by atoms with Crippen LogP contribution in [0.2, 0.25) is 0 Å². The first kappa shape index (κ1) is 13.4. The van der Waals surface area contributed by atoms with E-state index in [1.165, 1.54) is 0 Å². The van der Waals surface area contributed by atoms with Gasteiger partial charge in [-0.3, -0.25) is 4.98 Å². The zero-order valence-electron chi connectivity index (χ0n) is 10.7. The Hall–Kier alpha value is -1.64. The molecule has 0 amide bonds. The zero-order valence-corrected chi connectivity index (χ0v) is 10.7. The van der Waals surface area contributed by atoms with Crippen LogP contribution in [-0.2, 0) is 11.2 Å². The molecule has 0 unspecified atom stereocenters. The summed E-state index contributed by atoms with van der Waals surface area (Å²) in [6, 6.07) is 0. The Morgan fingerprint density at radius 3 is 2.59 bits per heavy atom. The molecular weight excluding hydrogens is 214 g/mol. The van der Waals surface area contributed by atoms with E-state index < -0.39 is 0 Å². The fourth-order valence-corrected chi connectivity index (χ4v) is 1.79. The number of hydrogen-bond acceptors (Lipinski definition) is 3. The second-order valence-corrected chi connectivity index (χ2v) is 4.02. The van der Waals surface area contributed by atoms with Crippen LogP contribution in [0.4, 0.5) is 0 Å². The summed E-state index contributed by atoms with van der Waals surface area (Å²) in [5, 5.41) is 0. The van der Waals surface area contributed by atoms with Crippen LogP contribution in [0.5, 0.6) is 5.75 Å². The third-order valence-electron chi connectivity index (χ3n) is 2.79. The average molecular weight is 233 g/mol. The minimum atomic E-state index is 0.470. The number of rotatable bonds is 6. The summed E-state index contributed by atoms with van der Waals surface area (Å²) in [6.07, 6.45) is 3.81. The standard InChI is InChI=1S/C14H19NO2/c1-5-9-17-14-10(2)11(3)15-12(4)13(14)7-6-8-16/h5,8H,1,6-7,9H2,2-4H3. The van der Waals surface area contributed by atoms with Gasteiger partial charge in [-0.1, -0.05) is 12.7 Å². The Balaban J connectivity index is 3.17. The van der Waals surface area contributed by atoms with Gasteiger partial charge in [0.15, 0.2) is 0 Å². The number of nitrogens with zero attached hydrogens (tertiary/aromatic N) is 1. The van der Waals surface area contributed by atoms with Gasteiger partial charge in [0.05, 0.1) is 0 Å². The van der Waals surface area contributed by atoms with E-state index in [2.05, 4.69) is 11.6 Å². The van der Waals surface area contributed by atoms with E-state index in [9.17, 15) is 4.79 Å². The van der Waals surface area contributed by atoms with Gasteiger partial charge >= 0.3 is 0 Å². The van der Waals surface area contributed by atoms with Gasteiger partial charge in [-0.05, 0) is 27.2 Å². The van der Waals surface area contributed by atoms with Crippen LogP contribution in [0.3, 0.4) is 0 Å². The highest BCUT2D eigenvalue weighted by molar-refractivity contribution is 5.52. The summed E-state index contributed by atoms with van der Waals surface area (Å²) in [5.41, 5.74) is 3.98. The van der Waals surface area contributed by atoms with Gasteiger partial charge in [-0.2, -0.15) is 0 Å². The molecule has 0 bridgehead atoms. The van der Waals surface area contributed by atoms with E-state index >= 15 is 0 Å². The van der Waals surface area contributed by atoms with Crippen LogP contribution in [0.1, 0.15) is 28.9 Å². The third-order valence-corrected chi connectivity index (χ3v) is 2.79. The van der Waals surface area contributed by atoms with Crippen LogP contribution in [0.15, 0.2) is 12.7 Å². The molecule has 1 heterocycles. The summed E-state index contributed by atoms with van der Waals surface area (Å²) < 4.78 is 5.70. The van der Waals surface area contributed by atoms with Crippen molar-refractivity contribution in [3.63, 3.8) is 0 Å². The Labute approximate surface area is 103 Å². The van der Waals surface area contributed by atoms with Gasteiger partial charge in [-0.15, -0.1) is 0 Å². The van der Waals surface area contributed by atoms with Gasteiger partial charge in [-0.25, -0.2) is 0 Å². The predicted molar refractivity (Wildman–Crippen MR) is 68.5 cm³/mol. The van der Waals surface area contributed by atoms with Gasteiger partial charge in [0.25, 0.3) is 0 Å². The molecule has 0 spiro atoms. The second kappa shape index (κ2) is 6.18. The van der Waals surface area contributed by atoms with Crippen molar-refractivity contribution in [3.8, 4) is 5.75 Å². The third kappa shape index (κ3) is 3.16. The molecule has 0 N–H and O–H groups in total. The topological polar surface area (TPSA) is 39.2 Å². The first-order valence-corrected chi connectivity index (χ1v) is 5.75. The molecular formula is C14H19NO2. The molecule has 1 aromatic rings. The van der Waals surface area contributed by atoms with Crippen LogP contribution < -0.4 is 4.74 Å². The van der Waals surface area contributed by atoms with Gasteiger partial charge < -0.3 is 9.53 Å². The number of aldehydes is 1. The Morgan fingerprint density at radius 1 is 1.29 bits per heavy atom. The molecule has 3 heteroatoms. The van der Waals surface area contributed by atoms with Crippen molar-refractivity contribution >= 4 is 6.29 Å². The largest absolute Gasteiger partial charge is 0.489 e. The molecule has 0 fully saturated rings. The van der Waals surface area contributed by atoms with Crippen LogP contribution in [0, 0.1) is 20.8 Å². The Kier molecular flexibility index (Phi) is 4.88. The van der Waals surface area contributed by atoms with E-state index in [4.69, 9.17) is 4.74 Å². The van der Waals surface area contributed by atoms with Crippen molar-refractivity contribution in [2.45, 2.75) is 33.6 Å². The summed E-state index contributed by atoms with van der Waals surface area (Å²) in [7, 11) is 0. The number of carbonyl (C=O) groups is 1. The maximum atomic E-state index is 10.5. The molecule has 1 aromatic heterocycles. The van der Waals surface area contributed by atoms with E-state index in [1.54, 1.807) is 6.08 Å². The highest BCUT2D eigenvalue weighted by atomic mass is 16.5. The van der Waals surface area contributed by atoms with Crippen molar-refractivity contribution in [1.29, 1.82) is 0 Å². The maximum absolute atomic E-state index is 10.5. The van der Waals surface area contributed by atoms with E-state index in [-0.39, 0.29) is 0 Å². The zero-order chi connectivity index (χ0) is 12.8. The number of hydrogen-bond donors (Lipinski definition) is 0. The molecule has 1 rings (SSSR count). The lowest BCUT2D eigenvalue weighted by atomic mass is 10.0. The first-order chi connectivity index (χ1) is 8.11. The molecule has 0 atom stereocenters. The number of ether oxygens (including phenoxy) is 1. The number of carbonyl (C=O) groups excluding carboxylic acids is 1. The SMILES string of the molecule is C=CCOc1c(C)c(C)nc(C)c1CCC=O. The quantitative estimate of drug-likeness (QED) is 0.560. The second-order valence-electron chi connectivity index (χ2n) is 4.02. The molecule has 0 saturated carbocycles. The van der Waals surface area contributed by atoms with Crippen LogP contribution in [-0.4, -0.2) is 17.9 Å². The fraction of sp³-hybridized carbons (Fsp3) is 0.429. The molecule has 3 nitrogen and oxygen atoms in total. The van der Waals surface area contributed by atoms with E-state index in [0.717, 1.165) is 34.6 Å². The summed E-state index contributed by atoms with van der Waals surface area (Å²) in [6.45, 7) is 10.0. The van der Waals surface area contributed by atoms with Crippen molar-refractivity contribution in [2.75, 3.05) is 6.61 Å². The Morgan fingerprint density at radius 2 is 2.00 bits per heavy atom. The van der Waals surface area contributed by atoms with Gasteiger partial charge in [0.1, 0.15) is 18.6 Å². The summed E-state index contributed by atoms with van der Waals surface area (Å²) >= 11 is 0. The lowest BCUT2D eigenvalue weighted by molar-refractivity contribution is -0.107. The van der Waals surface area contributed by atoms with Crippen LogP contribution in [0.25, 0.3) is 0 Å². The van der Waals surface area contributed by atoms with E-state index in [0.29, 0.717) is 19.4 Å². The van der Waals surface area contributed by atoms with E-state index in [1.807, 2.05) is 20.8 Å². The average Bonchev–Trinajstić information content (AvgIpc) is 2.30. The minimum Gasteiger partial charge on any atom is -0.489 e. The molecule has 0 aliphatic heterocycles. The first-order valence-electron chi connectivity index (χ1n) is 5.75. The highest BCUT2D eigenvalue weighted by Gasteiger charge is 2.13. The minimum absolute atomic E-state index is 0.470. The Bertz CT molecular complexity index is 425. The van der Waals surface area contributed by atoms with Crippen molar-refractivity contribution in [3.05, 3.63) is 35.2 Å². The normalized spacial score (nSPS) is 10.1. The monoisotopic (exact) mass is 233 g/mol. The molecule has 17 heavy (non-hydrogen) atoms. The molecule has 0 aromatic carbocycles. The lowest BCUT2D eigenvalue weighted by Crippen LogP contribution is -2.06. The predicted octanol–water partition coefficient (Wildman–Crippen LogP) is 2.70. The summed E-state index contributed by atoms with van der Waals surface area (Å²) in [4.78, 5) is 15.0.